The molecule has 0 aliphatic rings. The zero-order chi connectivity index (χ0) is 19.6. The maximum atomic E-state index is 12.8. The van der Waals surface area contributed by atoms with Crippen molar-refractivity contribution in [1.29, 1.82) is 0 Å². The quantitative estimate of drug-likeness (QED) is 0.598. The molecule has 0 unspecified atom stereocenters. The summed E-state index contributed by atoms with van der Waals surface area (Å²) < 4.78 is 28.1. The molecule has 0 radical (unpaired) electrons. The molecule has 1 aromatic heterocycles. The first kappa shape index (κ1) is 19.2. The van der Waals surface area contributed by atoms with E-state index in [9.17, 15) is 18.3 Å². The van der Waals surface area contributed by atoms with Crippen LogP contribution in [0.3, 0.4) is 0 Å². The summed E-state index contributed by atoms with van der Waals surface area (Å²) in [6, 6.07) is 11.5. The van der Waals surface area contributed by atoms with Gasteiger partial charge in [0.25, 0.3) is 5.56 Å². The highest BCUT2D eigenvalue weighted by molar-refractivity contribution is 7.89. The molecule has 0 fully saturated rings. The van der Waals surface area contributed by atoms with Gasteiger partial charge in [0, 0.05) is 17.0 Å². The number of sulfonamides is 1. The van der Waals surface area contributed by atoms with Crippen LogP contribution in [0.4, 0.5) is 0 Å². The minimum atomic E-state index is -3.82. The molecule has 3 N–H and O–H groups in total. The monoisotopic (exact) mass is 387 g/mol. The van der Waals surface area contributed by atoms with E-state index >= 15 is 0 Å². The lowest BCUT2D eigenvalue weighted by atomic mass is 10.0. The van der Waals surface area contributed by atoms with Crippen LogP contribution in [0.1, 0.15) is 18.9 Å². The Hall–Kier alpha value is -2.55. The van der Waals surface area contributed by atoms with E-state index in [1.54, 1.807) is 50.2 Å². The van der Waals surface area contributed by atoms with E-state index in [4.69, 9.17) is 0 Å². The predicted molar refractivity (Wildman–Crippen MR) is 104 cm³/mol. The second kappa shape index (κ2) is 7.59. The zero-order valence-electron chi connectivity index (χ0n) is 15.1. The molecule has 0 saturated carbocycles. The highest BCUT2D eigenvalue weighted by Crippen LogP contribution is 2.28. The van der Waals surface area contributed by atoms with Crippen LogP contribution in [0, 0.1) is 6.92 Å². The van der Waals surface area contributed by atoms with E-state index in [1.807, 2.05) is 0 Å². The van der Waals surface area contributed by atoms with Gasteiger partial charge in [0.05, 0.1) is 22.6 Å². The van der Waals surface area contributed by atoms with Crippen molar-refractivity contribution >= 4 is 20.8 Å². The Balaban J connectivity index is 2.15. The van der Waals surface area contributed by atoms with Crippen LogP contribution in [-0.2, 0) is 10.0 Å². The average Bonchev–Trinajstić information content (AvgIpc) is 2.67. The molecule has 0 aliphatic carbocycles. The van der Waals surface area contributed by atoms with Crippen molar-refractivity contribution in [3.63, 3.8) is 0 Å². The van der Waals surface area contributed by atoms with Gasteiger partial charge in [-0.1, -0.05) is 37.3 Å². The molecule has 7 nitrogen and oxygen atoms in total. The SMILES string of the molecule is CC[C@@H](CO)NS(=O)(=O)c1cc(-c2n[nH]c(=O)c3ccccc23)ccc1C. The van der Waals surface area contributed by atoms with Crippen molar-refractivity contribution in [3.8, 4) is 11.3 Å². The second-order valence-corrected chi connectivity index (χ2v) is 8.02. The number of aromatic nitrogens is 2. The lowest BCUT2D eigenvalue weighted by Gasteiger charge is -2.16. The number of nitrogens with zero attached hydrogens (tertiary/aromatic N) is 1. The van der Waals surface area contributed by atoms with Crippen molar-refractivity contribution in [2.24, 2.45) is 0 Å². The lowest BCUT2D eigenvalue weighted by Crippen LogP contribution is -2.37. The van der Waals surface area contributed by atoms with Gasteiger partial charge >= 0.3 is 0 Å². The van der Waals surface area contributed by atoms with Crippen molar-refractivity contribution in [3.05, 3.63) is 58.4 Å². The first-order valence-corrected chi connectivity index (χ1v) is 10.1. The Morgan fingerprint density at radius 1 is 1.19 bits per heavy atom. The van der Waals surface area contributed by atoms with E-state index in [-0.39, 0.29) is 17.1 Å². The van der Waals surface area contributed by atoms with E-state index in [2.05, 4.69) is 14.9 Å². The number of fused-ring (bicyclic) bond motifs is 1. The Morgan fingerprint density at radius 3 is 2.56 bits per heavy atom. The second-order valence-electron chi connectivity index (χ2n) is 6.34. The highest BCUT2D eigenvalue weighted by Gasteiger charge is 2.22. The summed E-state index contributed by atoms with van der Waals surface area (Å²) in [5.41, 5.74) is 1.35. The van der Waals surface area contributed by atoms with Crippen molar-refractivity contribution in [2.45, 2.75) is 31.2 Å². The minimum absolute atomic E-state index is 0.115. The van der Waals surface area contributed by atoms with Gasteiger partial charge < -0.3 is 5.11 Å². The molecule has 0 aliphatic heterocycles. The van der Waals surface area contributed by atoms with Crippen molar-refractivity contribution in [2.75, 3.05) is 6.61 Å². The molecule has 142 valence electrons. The van der Waals surface area contributed by atoms with Crippen LogP contribution >= 0.6 is 0 Å². The number of aryl methyl sites for hydroxylation is 1. The van der Waals surface area contributed by atoms with Crippen LogP contribution in [0.15, 0.2) is 52.2 Å². The van der Waals surface area contributed by atoms with Gasteiger partial charge in [-0.3, -0.25) is 4.79 Å². The number of H-pyrrole nitrogens is 1. The summed E-state index contributed by atoms with van der Waals surface area (Å²) in [6.07, 6.45) is 0.473. The lowest BCUT2D eigenvalue weighted by molar-refractivity contribution is 0.254. The number of aromatic amines is 1. The van der Waals surface area contributed by atoms with Crippen molar-refractivity contribution in [1.82, 2.24) is 14.9 Å². The van der Waals surface area contributed by atoms with Crippen molar-refractivity contribution < 1.29 is 13.5 Å². The van der Waals surface area contributed by atoms with Crippen LogP contribution < -0.4 is 10.3 Å². The number of benzene rings is 2. The highest BCUT2D eigenvalue weighted by atomic mass is 32.2. The fraction of sp³-hybridized carbons (Fsp3) is 0.263. The van der Waals surface area contributed by atoms with E-state index in [0.29, 0.717) is 34.0 Å². The summed E-state index contributed by atoms with van der Waals surface area (Å²) in [5.74, 6) is 0. The molecule has 3 rings (SSSR count). The fourth-order valence-electron chi connectivity index (χ4n) is 2.90. The maximum absolute atomic E-state index is 12.8. The maximum Gasteiger partial charge on any atom is 0.272 e. The largest absolute Gasteiger partial charge is 0.395 e. The molecule has 2 aromatic carbocycles. The minimum Gasteiger partial charge on any atom is -0.395 e. The van der Waals surface area contributed by atoms with Crippen LogP contribution in [-0.4, -0.2) is 36.4 Å². The first-order chi connectivity index (χ1) is 12.9. The number of hydrogen-bond acceptors (Lipinski definition) is 5. The molecule has 1 heterocycles. The third-order valence-electron chi connectivity index (χ3n) is 4.48. The Kier molecular flexibility index (Phi) is 5.41. The Morgan fingerprint density at radius 2 is 1.89 bits per heavy atom. The third kappa shape index (κ3) is 3.78. The third-order valence-corrected chi connectivity index (χ3v) is 6.14. The van der Waals surface area contributed by atoms with Gasteiger partial charge in [-0.25, -0.2) is 18.2 Å². The van der Waals surface area contributed by atoms with Crippen LogP contribution in [0.25, 0.3) is 22.0 Å². The van der Waals surface area contributed by atoms with E-state index < -0.39 is 16.1 Å². The molecule has 0 saturated heterocycles. The number of hydrogen-bond donors (Lipinski definition) is 3. The van der Waals surface area contributed by atoms with Crippen LogP contribution in [0.2, 0.25) is 0 Å². The number of rotatable bonds is 6. The predicted octanol–water partition coefficient (Wildman–Crippen LogP) is 1.95. The fourth-order valence-corrected chi connectivity index (χ4v) is 4.49. The smallest absolute Gasteiger partial charge is 0.272 e. The van der Waals surface area contributed by atoms with Crippen LogP contribution in [0.5, 0.6) is 0 Å². The Labute approximate surface area is 157 Å². The number of aliphatic hydroxyl groups excluding tert-OH is 1. The molecule has 8 heteroatoms. The summed E-state index contributed by atoms with van der Waals surface area (Å²) in [5, 5.41) is 17.0. The molecule has 27 heavy (non-hydrogen) atoms. The molecule has 1 atom stereocenters. The van der Waals surface area contributed by atoms with Gasteiger partial charge in [0.2, 0.25) is 10.0 Å². The molecule has 0 spiro atoms. The number of aliphatic hydroxyl groups is 1. The average molecular weight is 387 g/mol. The van der Waals surface area contributed by atoms with E-state index in [0.717, 1.165) is 0 Å². The summed E-state index contributed by atoms with van der Waals surface area (Å²) in [7, 11) is -3.82. The summed E-state index contributed by atoms with van der Waals surface area (Å²) in [4.78, 5) is 12.1. The summed E-state index contributed by atoms with van der Waals surface area (Å²) in [6.45, 7) is 3.22. The summed E-state index contributed by atoms with van der Waals surface area (Å²) >= 11 is 0. The molecule has 3 aromatic rings. The van der Waals surface area contributed by atoms with E-state index in [1.165, 1.54) is 6.07 Å². The Bertz CT molecular complexity index is 1140. The van der Waals surface area contributed by atoms with Gasteiger partial charge in [0.1, 0.15) is 0 Å². The molecular weight excluding hydrogens is 366 g/mol. The molecule has 0 bridgehead atoms. The normalized spacial score (nSPS) is 13.0. The first-order valence-electron chi connectivity index (χ1n) is 8.59. The van der Waals surface area contributed by atoms with Gasteiger partial charge in [0.15, 0.2) is 0 Å². The zero-order valence-corrected chi connectivity index (χ0v) is 15.9. The topological polar surface area (TPSA) is 112 Å². The number of nitrogens with one attached hydrogen (secondary N) is 2. The molecular formula is C19H21N3O4S. The van der Waals surface area contributed by atoms with Gasteiger partial charge in [-0.2, -0.15) is 5.10 Å². The van der Waals surface area contributed by atoms with Gasteiger partial charge in [-0.05, 0) is 31.0 Å². The molecule has 0 amide bonds. The van der Waals surface area contributed by atoms with Gasteiger partial charge in [-0.15, -0.1) is 0 Å². The standard InChI is InChI=1S/C19H21N3O4S/c1-3-14(11-23)22-27(25,26)17-10-13(9-8-12(17)2)18-15-6-4-5-7-16(15)19(24)21-20-18/h4-10,14,22-23H,3,11H2,1-2H3,(H,21,24)/t14-/m0/s1.